The number of H-pyrrole nitrogens is 1. The molecule has 1 saturated carbocycles. The summed E-state index contributed by atoms with van der Waals surface area (Å²) in [7, 11) is 0. The molecule has 0 saturated heterocycles. The second-order valence-electron chi connectivity index (χ2n) is 6.04. The fraction of sp³-hybridized carbons (Fsp3) is 0.800. The molecule has 1 aromatic rings. The Kier molecular flexibility index (Phi) is 6.54. The second kappa shape index (κ2) is 8.41. The van der Waals surface area contributed by atoms with Gasteiger partial charge < -0.3 is 5.32 Å². The molecule has 1 aromatic heterocycles. The molecule has 0 spiro atoms. The maximum Gasteiger partial charge on any atom is 0.343 e. The second-order valence-corrected chi connectivity index (χ2v) is 6.98. The molecule has 6 nitrogen and oxygen atoms in total. The normalized spacial score (nSPS) is 21.7. The molecule has 2 rings (SSSR count). The number of hydrogen-bond donors (Lipinski definition) is 2. The number of hydrogen-bond acceptors (Lipinski definition) is 4. The van der Waals surface area contributed by atoms with Gasteiger partial charge in [0.25, 0.3) is 0 Å². The summed E-state index contributed by atoms with van der Waals surface area (Å²) in [5.74, 6) is 0.886. The van der Waals surface area contributed by atoms with E-state index >= 15 is 0 Å². The highest BCUT2D eigenvalue weighted by atomic mass is 32.2. The van der Waals surface area contributed by atoms with Crippen molar-refractivity contribution < 1.29 is 4.79 Å². The Hall–Kier alpha value is -1.24. The monoisotopic (exact) mass is 326 g/mol. The van der Waals surface area contributed by atoms with E-state index in [4.69, 9.17) is 0 Å². The lowest BCUT2D eigenvalue weighted by Crippen LogP contribution is -2.41. The molecular weight excluding hydrogens is 300 g/mol. The average molecular weight is 326 g/mol. The van der Waals surface area contributed by atoms with Crippen molar-refractivity contribution in [3.63, 3.8) is 0 Å². The van der Waals surface area contributed by atoms with Crippen LogP contribution in [0.25, 0.3) is 0 Å². The van der Waals surface area contributed by atoms with E-state index in [-0.39, 0.29) is 11.6 Å². The molecule has 22 heavy (non-hydrogen) atoms. The lowest BCUT2D eigenvalue weighted by molar-refractivity contribution is -0.119. The minimum atomic E-state index is -0.197. The van der Waals surface area contributed by atoms with E-state index in [0.29, 0.717) is 29.4 Å². The number of nitrogens with one attached hydrogen (secondary N) is 2. The number of thioether (sulfide) groups is 1. The van der Waals surface area contributed by atoms with Gasteiger partial charge in [-0.25, -0.2) is 9.89 Å². The van der Waals surface area contributed by atoms with Crippen LogP contribution in [0.5, 0.6) is 0 Å². The lowest BCUT2D eigenvalue weighted by atomic mass is 9.86. The third-order valence-electron chi connectivity index (χ3n) is 4.25. The summed E-state index contributed by atoms with van der Waals surface area (Å²) < 4.78 is 1.62. The Morgan fingerprint density at radius 2 is 2.23 bits per heavy atom. The Balaban J connectivity index is 1.84. The number of unbranched alkanes of at least 4 members (excludes halogenated alkanes) is 1. The number of aromatic nitrogens is 3. The minimum Gasteiger partial charge on any atom is -0.352 e. The van der Waals surface area contributed by atoms with E-state index in [1.807, 2.05) is 0 Å². The van der Waals surface area contributed by atoms with Crippen LogP contribution in [0.1, 0.15) is 52.4 Å². The van der Waals surface area contributed by atoms with Crippen molar-refractivity contribution in [3.8, 4) is 0 Å². The molecular formula is C15H26N4O2S. The maximum absolute atomic E-state index is 12.1. The third-order valence-corrected chi connectivity index (χ3v) is 5.23. The van der Waals surface area contributed by atoms with Crippen LogP contribution in [0.15, 0.2) is 9.95 Å². The molecule has 124 valence electrons. The smallest absolute Gasteiger partial charge is 0.343 e. The van der Waals surface area contributed by atoms with Crippen molar-refractivity contribution in [2.45, 2.75) is 70.1 Å². The number of rotatable bonds is 7. The molecule has 7 heteroatoms. The molecule has 1 heterocycles. The van der Waals surface area contributed by atoms with Gasteiger partial charge in [0, 0.05) is 12.6 Å². The Morgan fingerprint density at radius 1 is 1.45 bits per heavy atom. The quantitative estimate of drug-likeness (QED) is 0.753. The fourth-order valence-electron chi connectivity index (χ4n) is 2.84. The van der Waals surface area contributed by atoms with E-state index < -0.39 is 0 Å². The van der Waals surface area contributed by atoms with Crippen molar-refractivity contribution >= 4 is 17.7 Å². The Morgan fingerprint density at radius 3 is 2.95 bits per heavy atom. The summed E-state index contributed by atoms with van der Waals surface area (Å²) in [6.45, 7) is 4.93. The van der Waals surface area contributed by atoms with Gasteiger partial charge in [-0.3, -0.25) is 9.36 Å². The van der Waals surface area contributed by atoms with Crippen molar-refractivity contribution in [2.75, 3.05) is 5.75 Å². The standard InChI is InChI=1S/C15H26N4O2S/c1-3-4-9-19-14(21)17-18-15(19)22-10-13(20)16-12-8-6-5-7-11(12)2/h11-12H,3-10H2,1-2H3,(H,16,20)(H,17,21)/t11-,12-/m1/s1. The van der Waals surface area contributed by atoms with Crippen LogP contribution < -0.4 is 11.0 Å². The van der Waals surface area contributed by atoms with Gasteiger partial charge in [0.05, 0.1) is 5.75 Å². The molecule has 0 bridgehead atoms. The highest BCUT2D eigenvalue weighted by molar-refractivity contribution is 7.99. The lowest BCUT2D eigenvalue weighted by Gasteiger charge is -2.29. The van der Waals surface area contributed by atoms with Crippen molar-refractivity contribution in [2.24, 2.45) is 5.92 Å². The summed E-state index contributed by atoms with van der Waals surface area (Å²) in [5, 5.41) is 10.2. The Labute approximate surface area is 135 Å². The predicted molar refractivity (Wildman–Crippen MR) is 88.0 cm³/mol. The first kappa shape index (κ1) is 17.1. The molecule has 0 aromatic carbocycles. The zero-order valence-corrected chi connectivity index (χ0v) is 14.2. The van der Waals surface area contributed by atoms with Crippen LogP contribution in [0, 0.1) is 5.92 Å². The molecule has 0 aliphatic heterocycles. The number of carbonyl (C=O) groups excluding carboxylic acids is 1. The van der Waals surface area contributed by atoms with Crippen LogP contribution in [-0.2, 0) is 11.3 Å². The summed E-state index contributed by atoms with van der Waals surface area (Å²) in [6, 6.07) is 0.295. The highest BCUT2D eigenvalue weighted by Crippen LogP contribution is 2.24. The molecule has 1 fully saturated rings. The SMILES string of the molecule is CCCCn1c(SCC(=O)N[C@@H]2CCCC[C@H]2C)n[nH]c1=O. The van der Waals surface area contributed by atoms with Crippen LogP contribution in [0.4, 0.5) is 0 Å². The van der Waals surface area contributed by atoms with Crippen LogP contribution in [0.3, 0.4) is 0 Å². The number of aromatic amines is 1. The molecule has 2 N–H and O–H groups in total. The van der Waals surface area contributed by atoms with Gasteiger partial charge in [0.15, 0.2) is 5.16 Å². The highest BCUT2D eigenvalue weighted by Gasteiger charge is 2.23. The fourth-order valence-corrected chi connectivity index (χ4v) is 3.62. The molecule has 1 amide bonds. The average Bonchev–Trinajstić information content (AvgIpc) is 2.86. The number of carbonyl (C=O) groups is 1. The third kappa shape index (κ3) is 4.63. The van der Waals surface area contributed by atoms with Crippen LogP contribution >= 0.6 is 11.8 Å². The molecule has 2 atom stereocenters. The van der Waals surface area contributed by atoms with Gasteiger partial charge >= 0.3 is 5.69 Å². The topological polar surface area (TPSA) is 79.8 Å². The van der Waals surface area contributed by atoms with Gasteiger partial charge in [0.1, 0.15) is 0 Å². The first-order chi connectivity index (χ1) is 10.6. The first-order valence-corrected chi connectivity index (χ1v) is 9.17. The van der Waals surface area contributed by atoms with E-state index in [9.17, 15) is 9.59 Å². The molecule has 0 radical (unpaired) electrons. The molecule has 1 aliphatic rings. The van der Waals surface area contributed by atoms with Crippen molar-refractivity contribution in [1.29, 1.82) is 0 Å². The predicted octanol–water partition coefficient (Wildman–Crippen LogP) is 2.16. The van der Waals surface area contributed by atoms with Crippen LogP contribution in [-0.4, -0.2) is 32.5 Å². The van der Waals surface area contributed by atoms with E-state index in [2.05, 4.69) is 29.4 Å². The van der Waals surface area contributed by atoms with Gasteiger partial charge in [-0.2, -0.15) is 0 Å². The zero-order chi connectivity index (χ0) is 15.9. The summed E-state index contributed by atoms with van der Waals surface area (Å²) in [4.78, 5) is 23.8. The summed E-state index contributed by atoms with van der Waals surface area (Å²) in [5.41, 5.74) is -0.197. The molecule has 1 aliphatic carbocycles. The summed E-state index contributed by atoms with van der Waals surface area (Å²) >= 11 is 1.32. The van der Waals surface area contributed by atoms with Gasteiger partial charge in [-0.1, -0.05) is 44.9 Å². The van der Waals surface area contributed by atoms with Gasteiger partial charge in [-0.05, 0) is 25.2 Å². The van der Waals surface area contributed by atoms with E-state index in [0.717, 1.165) is 19.3 Å². The largest absolute Gasteiger partial charge is 0.352 e. The van der Waals surface area contributed by atoms with E-state index in [1.165, 1.54) is 31.0 Å². The van der Waals surface area contributed by atoms with Crippen LogP contribution in [0.2, 0.25) is 0 Å². The number of nitrogens with zero attached hydrogens (tertiary/aromatic N) is 2. The van der Waals surface area contributed by atoms with Crippen molar-refractivity contribution in [1.82, 2.24) is 20.1 Å². The number of amides is 1. The van der Waals surface area contributed by atoms with Gasteiger partial charge in [-0.15, -0.1) is 5.10 Å². The maximum atomic E-state index is 12.1. The summed E-state index contributed by atoms with van der Waals surface area (Å²) in [6.07, 6.45) is 6.66. The van der Waals surface area contributed by atoms with E-state index in [1.54, 1.807) is 4.57 Å². The Bertz CT molecular complexity index is 540. The van der Waals surface area contributed by atoms with Crippen molar-refractivity contribution in [3.05, 3.63) is 10.5 Å². The zero-order valence-electron chi connectivity index (χ0n) is 13.4. The van der Waals surface area contributed by atoms with Gasteiger partial charge in [0.2, 0.25) is 5.91 Å². The minimum absolute atomic E-state index is 0.0289. The first-order valence-electron chi connectivity index (χ1n) is 8.19. The molecule has 0 unspecified atom stereocenters.